The first kappa shape index (κ1) is 12.3. The highest BCUT2D eigenvalue weighted by Crippen LogP contribution is 2.22. The zero-order valence-corrected chi connectivity index (χ0v) is 10.8. The number of thiocarbonyl (C=S) groups is 1. The van der Waals surface area contributed by atoms with Gasteiger partial charge in [-0.1, -0.05) is 35.6 Å². The predicted molar refractivity (Wildman–Crippen MR) is 72.6 cm³/mol. The molecule has 1 aliphatic rings. The van der Waals surface area contributed by atoms with Crippen LogP contribution in [0.15, 0.2) is 23.3 Å². The lowest BCUT2D eigenvalue weighted by Gasteiger charge is -2.06. The van der Waals surface area contributed by atoms with Crippen molar-refractivity contribution in [1.29, 1.82) is 0 Å². The van der Waals surface area contributed by atoms with E-state index in [2.05, 4.69) is 5.10 Å². The summed E-state index contributed by atoms with van der Waals surface area (Å²) >= 11 is 12.0. The average molecular weight is 287 g/mol. The van der Waals surface area contributed by atoms with E-state index in [1.54, 1.807) is 12.1 Å². The number of carbonyl (C=O) groups excluding carboxylic acids is 1. The third-order valence-electron chi connectivity index (χ3n) is 2.03. The van der Waals surface area contributed by atoms with Gasteiger partial charge >= 0.3 is 0 Å². The first-order valence-electron chi connectivity index (χ1n) is 4.60. The summed E-state index contributed by atoms with van der Waals surface area (Å²) in [6.45, 7) is 0. The number of hydrogen-bond donors (Lipinski definition) is 1. The molecular weight excluding hydrogens is 280 g/mol. The van der Waals surface area contributed by atoms with Gasteiger partial charge in [-0.05, 0) is 18.2 Å². The summed E-state index contributed by atoms with van der Waals surface area (Å²) in [5.41, 5.74) is 0.435. The summed E-state index contributed by atoms with van der Waals surface area (Å²) in [4.78, 5) is 11.4. The van der Waals surface area contributed by atoms with E-state index in [-0.39, 0.29) is 11.7 Å². The van der Waals surface area contributed by atoms with Gasteiger partial charge in [0.05, 0.1) is 12.0 Å². The number of carbonyl (C=O) groups is 1. The van der Waals surface area contributed by atoms with E-state index < -0.39 is 0 Å². The van der Waals surface area contributed by atoms with Crippen LogP contribution in [0.5, 0.6) is 5.75 Å². The van der Waals surface area contributed by atoms with Crippen LogP contribution in [-0.4, -0.2) is 32.3 Å². The van der Waals surface area contributed by atoms with Crippen LogP contribution < -0.4 is 0 Å². The van der Waals surface area contributed by atoms with Crippen LogP contribution in [0.2, 0.25) is 5.02 Å². The first-order valence-corrected chi connectivity index (χ1v) is 6.37. The molecule has 0 bridgehead atoms. The molecule has 1 heterocycles. The molecule has 0 aromatic heterocycles. The number of phenolic OH excluding ortho intramolecular Hbond substituents is 1. The van der Waals surface area contributed by atoms with Gasteiger partial charge in [0.25, 0.3) is 5.91 Å². The highest BCUT2D eigenvalue weighted by Gasteiger charge is 2.25. The molecule has 1 aliphatic heterocycles. The van der Waals surface area contributed by atoms with Gasteiger partial charge in [0.15, 0.2) is 4.32 Å². The molecule has 17 heavy (non-hydrogen) atoms. The third kappa shape index (κ3) is 2.77. The topological polar surface area (TPSA) is 52.9 Å². The zero-order chi connectivity index (χ0) is 12.4. The SMILES string of the molecule is O=C1CSC(=S)N1N=Cc1cc(Cl)ccc1O. The van der Waals surface area contributed by atoms with E-state index in [0.717, 1.165) is 5.01 Å². The number of rotatable bonds is 2. The Balaban J connectivity index is 2.23. The van der Waals surface area contributed by atoms with Crippen LogP contribution in [0.1, 0.15) is 5.56 Å². The predicted octanol–water partition coefficient (Wildman–Crippen LogP) is 2.24. The van der Waals surface area contributed by atoms with E-state index in [9.17, 15) is 9.90 Å². The van der Waals surface area contributed by atoms with Crippen molar-refractivity contribution in [3.63, 3.8) is 0 Å². The maximum atomic E-state index is 11.4. The third-order valence-corrected chi connectivity index (χ3v) is 3.60. The number of nitrogens with zero attached hydrogens (tertiary/aromatic N) is 2. The largest absolute Gasteiger partial charge is 0.507 e. The molecular formula is C10H7ClN2O2S2. The van der Waals surface area contributed by atoms with E-state index in [0.29, 0.717) is 20.7 Å². The Morgan fingerprint density at radius 1 is 1.59 bits per heavy atom. The average Bonchev–Trinajstić information content (AvgIpc) is 2.61. The van der Waals surface area contributed by atoms with Gasteiger partial charge in [0, 0.05) is 10.6 Å². The van der Waals surface area contributed by atoms with Crippen molar-refractivity contribution in [1.82, 2.24) is 5.01 Å². The van der Waals surface area contributed by atoms with Gasteiger partial charge in [-0.3, -0.25) is 4.79 Å². The molecule has 0 unspecified atom stereocenters. The Morgan fingerprint density at radius 3 is 3.00 bits per heavy atom. The van der Waals surface area contributed by atoms with Crippen LogP contribution in [0.25, 0.3) is 0 Å². The fourth-order valence-corrected chi connectivity index (χ4v) is 2.35. The highest BCUT2D eigenvalue weighted by molar-refractivity contribution is 8.23. The minimum atomic E-state index is -0.169. The minimum Gasteiger partial charge on any atom is -0.507 e. The molecule has 1 amide bonds. The molecule has 0 aliphatic carbocycles. The van der Waals surface area contributed by atoms with E-state index in [4.69, 9.17) is 23.8 Å². The van der Waals surface area contributed by atoms with Crippen LogP contribution >= 0.6 is 35.6 Å². The lowest BCUT2D eigenvalue weighted by Crippen LogP contribution is -2.22. The molecule has 4 nitrogen and oxygen atoms in total. The van der Waals surface area contributed by atoms with Crippen molar-refractivity contribution < 1.29 is 9.90 Å². The zero-order valence-electron chi connectivity index (χ0n) is 8.46. The standard InChI is InChI=1S/C10H7ClN2O2S2/c11-7-1-2-8(14)6(3-7)4-12-13-9(15)5-17-10(13)16/h1-4,14H,5H2. The quantitative estimate of drug-likeness (QED) is 0.669. The fourth-order valence-electron chi connectivity index (χ4n) is 1.21. The molecule has 0 radical (unpaired) electrons. The fraction of sp³-hybridized carbons (Fsp3) is 0.100. The molecule has 1 fully saturated rings. The van der Waals surface area contributed by atoms with E-state index in [1.807, 2.05) is 0 Å². The van der Waals surface area contributed by atoms with Crippen molar-refractivity contribution in [2.75, 3.05) is 5.75 Å². The number of amides is 1. The Hall–Kier alpha value is -1.11. The maximum Gasteiger partial charge on any atom is 0.259 e. The Bertz CT molecular complexity index is 503. The number of aromatic hydroxyl groups is 1. The number of hydrazone groups is 1. The molecule has 1 saturated heterocycles. The summed E-state index contributed by atoms with van der Waals surface area (Å²) in [7, 11) is 0. The second-order valence-electron chi connectivity index (χ2n) is 3.21. The van der Waals surface area contributed by atoms with Gasteiger partial charge in [0.1, 0.15) is 5.75 Å². The summed E-state index contributed by atoms with van der Waals surface area (Å²) in [5, 5.41) is 15.1. The minimum absolute atomic E-state index is 0.0448. The van der Waals surface area contributed by atoms with Crippen LogP contribution in [0, 0.1) is 0 Å². The van der Waals surface area contributed by atoms with Crippen molar-refractivity contribution in [2.24, 2.45) is 5.10 Å². The number of phenols is 1. The number of benzene rings is 1. The van der Waals surface area contributed by atoms with Gasteiger partial charge in [-0.2, -0.15) is 10.1 Å². The summed E-state index contributed by atoms with van der Waals surface area (Å²) < 4.78 is 0.410. The normalized spacial score (nSPS) is 16.2. The van der Waals surface area contributed by atoms with Crippen molar-refractivity contribution >= 4 is 52.0 Å². The van der Waals surface area contributed by atoms with Gasteiger partial charge in [-0.25, -0.2) is 0 Å². The molecule has 0 saturated carbocycles. The first-order chi connectivity index (χ1) is 8.08. The van der Waals surface area contributed by atoms with Gasteiger partial charge in [-0.15, -0.1) is 0 Å². The molecule has 7 heteroatoms. The number of thioether (sulfide) groups is 1. The summed E-state index contributed by atoms with van der Waals surface area (Å²) in [5.74, 6) is 0.179. The second-order valence-corrected chi connectivity index (χ2v) is 5.25. The van der Waals surface area contributed by atoms with Crippen LogP contribution in [-0.2, 0) is 4.79 Å². The lowest BCUT2D eigenvalue weighted by molar-refractivity contribution is -0.123. The van der Waals surface area contributed by atoms with Crippen LogP contribution in [0.4, 0.5) is 0 Å². The van der Waals surface area contributed by atoms with Crippen molar-refractivity contribution in [3.8, 4) is 5.75 Å². The molecule has 2 rings (SSSR count). The van der Waals surface area contributed by atoms with Gasteiger partial charge in [0.2, 0.25) is 0 Å². The molecule has 1 aromatic rings. The monoisotopic (exact) mass is 286 g/mol. The Kier molecular flexibility index (Phi) is 3.66. The lowest BCUT2D eigenvalue weighted by atomic mass is 10.2. The van der Waals surface area contributed by atoms with E-state index in [1.165, 1.54) is 24.0 Å². The van der Waals surface area contributed by atoms with Crippen molar-refractivity contribution in [3.05, 3.63) is 28.8 Å². The second kappa shape index (κ2) is 5.03. The Labute approximate surface area is 112 Å². The number of hydrogen-bond acceptors (Lipinski definition) is 5. The molecule has 0 atom stereocenters. The van der Waals surface area contributed by atoms with Crippen LogP contribution in [0.3, 0.4) is 0 Å². The molecule has 88 valence electrons. The number of halogens is 1. The summed E-state index contributed by atoms with van der Waals surface area (Å²) in [6, 6.07) is 4.58. The molecule has 1 N–H and O–H groups in total. The molecule has 1 aromatic carbocycles. The van der Waals surface area contributed by atoms with E-state index >= 15 is 0 Å². The maximum absolute atomic E-state index is 11.4. The van der Waals surface area contributed by atoms with Gasteiger partial charge < -0.3 is 5.11 Å². The molecule has 0 spiro atoms. The summed E-state index contributed by atoms with van der Waals surface area (Å²) in [6.07, 6.45) is 1.36. The van der Waals surface area contributed by atoms with Crippen molar-refractivity contribution in [2.45, 2.75) is 0 Å². The smallest absolute Gasteiger partial charge is 0.259 e. The highest BCUT2D eigenvalue weighted by atomic mass is 35.5. The Morgan fingerprint density at radius 2 is 2.35 bits per heavy atom.